The number of hydrogen-bond acceptors (Lipinski definition) is 5. The molecule has 4 atom stereocenters. The van der Waals surface area contributed by atoms with Gasteiger partial charge in [0.2, 0.25) is 0 Å². The van der Waals surface area contributed by atoms with E-state index in [4.69, 9.17) is 27.9 Å². The normalized spacial score (nSPS) is 21.6. The summed E-state index contributed by atoms with van der Waals surface area (Å²) in [6, 6.07) is 12.4. The highest BCUT2D eigenvalue weighted by Gasteiger charge is 2.48. The zero-order chi connectivity index (χ0) is 27.5. The monoisotopic (exact) mass is 569 g/mol. The highest BCUT2D eigenvalue weighted by molar-refractivity contribution is 7.92. The molecule has 1 saturated heterocycles. The Morgan fingerprint density at radius 2 is 1.73 bits per heavy atom. The Morgan fingerprint density at radius 1 is 1.08 bits per heavy atom. The Balaban J connectivity index is 2.21. The maximum Gasteiger partial charge on any atom is 0.306 e. The fraction of sp³-hybridized carbons (Fsp3) is 0.481. The maximum absolute atomic E-state index is 13.9. The second-order valence-corrected chi connectivity index (χ2v) is 13.4. The molecule has 7 nitrogen and oxygen atoms in total. The van der Waals surface area contributed by atoms with Gasteiger partial charge in [-0.3, -0.25) is 9.59 Å². The van der Waals surface area contributed by atoms with Crippen LogP contribution in [0.25, 0.3) is 0 Å². The van der Waals surface area contributed by atoms with Gasteiger partial charge in [0.05, 0.1) is 23.0 Å². The average Bonchev–Trinajstić information content (AvgIpc) is 2.84. The summed E-state index contributed by atoms with van der Waals surface area (Å²) in [6.45, 7) is 6.98. The molecule has 0 aromatic heterocycles. The molecule has 1 N–H and O–H groups in total. The molecule has 0 radical (unpaired) electrons. The third kappa shape index (κ3) is 6.48. The SMILES string of the molecule is CCC(CS(=O)(=O)C(C)(C)CC)N1C(=O)[C@@H](CC(=O)O)O[C@H](c2cccc(Cl)c2)C1c1ccc(Cl)cc1. The van der Waals surface area contributed by atoms with E-state index in [0.29, 0.717) is 34.0 Å². The molecular weight excluding hydrogens is 537 g/mol. The number of morpholine rings is 1. The smallest absolute Gasteiger partial charge is 0.306 e. The van der Waals surface area contributed by atoms with Crippen LogP contribution in [0.2, 0.25) is 10.0 Å². The minimum atomic E-state index is -3.63. The van der Waals surface area contributed by atoms with Crippen molar-refractivity contribution in [1.82, 2.24) is 4.90 Å². The number of benzene rings is 2. The van der Waals surface area contributed by atoms with Gasteiger partial charge < -0.3 is 14.7 Å². The van der Waals surface area contributed by atoms with Gasteiger partial charge in [-0.15, -0.1) is 0 Å². The molecule has 2 unspecified atom stereocenters. The van der Waals surface area contributed by atoms with Crippen LogP contribution in [0, 0.1) is 0 Å². The molecule has 1 fully saturated rings. The summed E-state index contributed by atoms with van der Waals surface area (Å²) in [5.74, 6) is -2.01. The lowest BCUT2D eigenvalue weighted by atomic mass is 9.89. The van der Waals surface area contributed by atoms with E-state index in [-0.39, 0.29) is 5.75 Å². The first-order valence-corrected chi connectivity index (χ1v) is 14.6. The van der Waals surface area contributed by atoms with Crippen LogP contribution in [-0.2, 0) is 24.2 Å². The Morgan fingerprint density at radius 3 is 2.27 bits per heavy atom. The molecule has 1 aliphatic heterocycles. The van der Waals surface area contributed by atoms with Gasteiger partial charge in [0.25, 0.3) is 5.91 Å². The number of hydrogen-bond donors (Lipinski definition) is 1. The number of ether oxygens (including phenoxy) is 1. The zero-order valence-electron chi connectivity index (χ0n) is 21.4. The third-order valence-corrected chi connectivity index (χ3v) is 10.4. The van der Waals surface area contributed by atoms with Crippen molar-refractivity contribution in [3.05, 3.63) is 69.7 Å². The van der Waals surface area contributed by atoms with Crippen LogP contribution in [-0.4, -0.2) is 52.9 Å². The Labute approximate surface area is 228 Å². The molecule has 0 bridgehead atoms. The molecule has 1 amide bonds. The predicted octanol–water partition coefficient (Wildman–Crippen LogP) is 5.86. The lowest BCUT2D eigenvalue weighted by Crippen LogP contribution is -2.57. The number of carbonyl (C=O) groups excluding carboxylic acids is 1. The Kier molecular flexibility index (Phi) is 9.32. The number of amides is 1. The Bertz CT molecular complexity index is 1230. The molecule has 202 valence electrons. The van der Waals surface area contributed by atoms with Crippen molar-refractivity contribution in [1.29, 1.82) is 0 Å². The number of carbonyl (C=O) groups is 2. The second kappa shape index (κ2) is 11.7. The number of halogens is 2. The van der Waals surface area contributed by atoms with Crippen molar-refractivity contribution in [2.75, 3.05) is 5.75 Å². The Hall–Kier alpha value is -2.13. The van der Waals surface area contributed by atoms with Gasteiger partial charge in [-0.25, -0.2) is 8.42 Å². The predicted molar refractivity (Wildman–Crippen MR) is 145 cm³/mol. The van der Waals surface area contributed by atoms with Crippen molar-refractivity contribution in [3.8, 4) is 0 Å². The first kappa shape index (κ1) is 29.4. The molecule has 10 heteroatoms. The molecule has 0 spiro atoms. The molecule has 2 aromatic carbocycles. The van der Waals surface area contributed by atoms with Gasteiger partial charge in [0.1, 0.15) is 12.2 Å². The fourth-order valence-corrected chi connectivity index (χ4v) is 6.61. The van der Waals surface area contributed by atoms with E-state index < -0.39 is 57.2 Å². The summed E-state index contributed by atoms with van der Waals surface area (Å²) in [6.07, 6.45) is -1.88. The first-order chi connectivity index (χ1) is 17.3. The summed E-state index contributed by atoms with van der Waals surface area (Å²) in [7, 11) is -3.63. The lowest BCUT2D eigenvalue weighted by Gasteiger charge is -2.48. The van der Waals surface area contributed by atoms with E-state index in [1.165, 1.54) is 4.90 Å². The van der Waals surface area contributed by atoms with Crippen LogP contribution in [0.1, 0.15) is 70.2 Å². The fourth-order valence-electron chi connectivity index (χ4n) is 4.49. The minimum Gasteiger partial charge on any atom is -0.481 e. The lowest BCUT2D eigenvalue weighted by molar-refractivity contribution is -0.182. The van der Waals surface area contributed by atoms with Gasteiger partial charge in [-0.05, 0) is 62.1 Å². The molecular formula is C27H33Cl2NO6S. The van der Waals surface area contributed by atoms with Gasteiger partial charge in [-0.2, -0.15) is 0 Å². The maximum atomic E-state index is 13.9. The number of nitrogens with zero attached hydrogens (tertiary/aromatic N) is 1. The van der Waals surface area contributed by atoms with Gasteiger partial charge in [0, 0.05) is 16.1 Å². The van der Waals surface area contributed by atoms with Crippen molar-refractivity contribution in [3.63, 3.8) is 0 Å². The quantitative estimate of drug-likeness (QED) is 0.384. The largest absolute Gasteiger partial charge is 0.481 e. The second-order valence-electron chi connectivity index (χ2n) is 9.90. The molecule has 3 rings (SSSR count). The molecule has 37 heavy (non-hydrogen) atoms. The number of rotatable bonds is 10. The summed E-state index contributed by atoms with van der Waals surface area (Å²) in [5.41, 5.74) is 1.33. The van der Waals surface area contributed by atoms with Crippen LogP contribution in [0.5, 0.6) is 0 Å². The highest BCUT2D eigenvalue weighted by atomic mass is 35.5. The standard InChI is InChI=1S/C27H33Cl2NO6S/c1-5-21(16-37(34,35)27(3,4)6-2)30-24(17-10-12-19(28)13-11-17)25(18-8-7-9-20(29)14-18)36-22(26(30)33)15-23(31)32/h7-14,21-22,24-25H,5-6,15-16H2,1-4H3,(H,31,32)/t21?,22-,24?,25-/m1/s1. The molecule has 1 heterocycles. The molecule has 2 aromatic rings. The van der Waals surface area contributed by atoms with Gasteiger partial charge >= 0.3 is 5.97 Å². The van der Waals surface area contributed by atoms with E-state index in [1.54, 1.807) is 62.4 Å². The number of carboxylic acids is 1. The number of sulfone groups is 1. The number of aliphatic carboxylic acids is 1. The van der Waals surface area contributed by atoms with Crippen molar-refractivity contribution in [2.45, 2.75) is 76.0 Å². The van der Waals surface area contributed by atoms with Crippen LogP contribution < -0.4 is 0 Å². The highest BCUT2D eigenvalue weighted by Crippen LogP contribution is 2.45. The van der Waals surface area contributed by atoms with E-state index in [9.17, 15) is 23.1 Å². The summed E-state index contributed by atoms with van der Waals surface area (Å²) in [5, 5.41) is 10.5. The van der Waals surface area contributed by atoms with E-state index in [0.717, 1.165) is 0 Å². The minimum absolute atomic E-state index is 0.262. The van der Waals surface area contributed by atoms with Gasteiger partial charge in [-0.1, -0.05) is 61.3 Å². The van der Waals surface area contributed by atoms with E-state index >= 15 is 0 Å². The molecule has 0 aliphatic carbocycles. The molecule has 0 saturated carbocycles. The third-order valence-electron chi connectivity index (χ3n) is 7.15. The summed E-state index contributed by atoms with van der Waals surface area (Å²) in [4.78, 5) is 27.0. The van der Waals surface area contributed by atoms with E-state index in [1.807, 2.05) is 13.8 Å². The first-order valence-electron chi connectivity index (χ1n) is 12.2. The zero-order valence-corrected chi connectivity index (χ0v) is 23.7. The summed E-state index contributed by atoms with van der Waals surface area (Å²) < 4.78 is 32.1. The van der Waals surface area contributed by atoms with Crippen molar-refractivity contribution < 1.29 is 27.9 Å². The summed E-state index contributed by atoms with van der Waals surface area (Å²) >= 11 is 12.4. The van der Waals surface area contributed by atoms with E-state index in [2.05, 4.69) is 0 Å². The van der Waals surface area contributed by atoms with Crippen LogP contribution in [0.4, 0.5) is 0 Å². The number of carboxylic acid groups (broad SMARTS) is 1. The average molecular weight is 571 g/mol. The van der Waals surface area contributed by atoms with Crippen LogP contribution >= 0.6 is 23.2 Å². The van der Waals surface area contributed by atoms with Gasteiger partial charge in [0.15, 0.2) is 9.84 Å². The van der Waals surface area contributed by atoms with Crippen LogP contribution in [0.15, 0.2) is 48.5 Å². The van der Waals surface area contributed by atoms with Crippen molar-refractivity contribution in [2.24, 2.45) is 0 Å². The van der Waals surface area contributed by atoms with Crippen LogP contribution in [0.3, 0.4) is 0 Å². The van der Waals surface area contributed by atoms with Crippen molar-refractivity contribution >= 4 is 44.9 Å². The molecule has 1 aliphatic rings. The topological polar surface area (TPSA) is 101 Å².